The fourth-order valence-corrected chi connectivity index (χ4v) is 3.27. The number of fused-ring (bicyclic) bond motifs is 1. The normalized spacial score (nSPS) is 10.9. The van der Waals surface area contributed by atoms with E-state index in [2.05, 4.69) is 27.8 Å². The summed E-state index contributed by atoms with van der Waals surface area (Å²) in [4.78, 5) is 15.3. The Hall–Kier alpha value is -3.60. The Morgan fingerprint density at radius 1 is 1.07 bits per heavy atom. The Labute approximate surface area is 156 Å². The highest BCUT2D eigenvalue weighted by Gasteiger charge is 2.13. The highest BCUT2D eigenvalue weighted by molar-refractivity contribution is 5.89. The number of aromatic nitrogens is 2. The molecule has 134 valence electrons. The number of methoxy groups -OCH3 is 1. The van der Waals surface area contributed by atoms with E-state index in [0.717, 1.165) is 33.5 Å². The predicted octanol–water partition coefficient (Wildman–Crippen LogP) is 4.46. The standard InChI is InChI=1S/C22H18N2O3/c1-27-19-7-8-20-17(10-19)11-21(16-5-3-2-4-6-16)24(20)14-15-9-18(22(25)26)13-23-12-15/h2-13H,14H2,1H3,(H,25,26). The van der Waals surface area contributed by atoms with Crippen molar-refractivity contribution >= 4 is 16.9 Å². The molecule has 0 radical (unpaired) electrons. The molecule has 4 aromatic rings. The number of carboxylic acids is 1. The van der Waals surface area contributed by atoms with Crippen LogP contribution < -0.4 is 4.74 Å². The molecule has 0 atom stereocenters. The Bertz CT molecular complexity index is 1120. The SMILES string of the molecule is COc1ccc2c(c1)cc(-c1ccccc1)n2Cc1cncc(C(=O)O)c1. The lowest BCUT2D eigenvalue weighted by molar-refractivity contribution is 0.0696. The van der Waals surface area contributed by atoms with Gasteiger partial charge in [-0.2, -0.15) is 0 Å². The molecule has 0 unspecified atom stereocenters. The molecule has 0 amide bonds. The van der Waals surface area contributed by atoms with Crippen molar-refractivity contribution in [3.05, 3.63) is 84.2 Å². The first-order valence-electron chi connectivity index (χ1n) is 8.55. The van der Waals surface area contributed by atoms with E-state index in [4.69, 9.17) is 4.74 Å². The molecular weight excluding hydrogens is 340 g/mol. The predicted molar refractivity (Wildman–Crippen MR) is 104 cm³/mol. The first-order chi connectivity index (χ1) is 13.2. The molecular formula is C22H18N2O3. The molecule has 5 heteroatoms. The van der Waals surface area contributed by atoms with Gasteiger partial charge in [-0.3, -0.25) is 4.98 Å². The summed E-state index contributed by atoms with van der Waals surface area (Å²) in [5, 5.41) is 10.3. The topological polar surface area (TPSA) is 64.4 Å². The van der Waals surface area contributed by atoms with E-state index in [9.17, 15) is 9.90 Å². The third-order valence-corrected chi connectivity index (χ3v) is 4.56. The number of hydrogen-bond donors (Lipinski definition) is 1. The summed E-state index contributed by atoms with van der Waals surface area (Å²) in [6.07, 6.45) is 3.07. The summed E-state index contributed by atoms with van der Waals surface area (Å²) in [6.45, 7) is 0.522. The highest BCUT2D eigenvalue weighted by atomic mass is 16.5. The second kappa shape index (κ2) is 6.96. The molecule has 1 N–H and O–H groups in total. The fraction of sp³-hybridized carbons (Fsp3) is 0.0909. The van der Waals surface area contributed by atoms with Gasteiger partial charge in [-0.1, -0.05) is 30.3 Å². The van der Waals surface area contributed by atoms with E-state index >= 15 is 0 Å². The van der Waals surface area contributed by atoms with Crippen LogP contribution in [0.5, 0.6) is 5.75 Å². The molecule has 4 rings (SSSR count). The molecule has 2 heterocycles. The van der Waals surface area contributed by atoms with E-state index in [1.165, 1.54) is 6.20 Å². The van der Waals surface area contributed by atoms with Crippen molar-refractivity contribution in [3.8, 4) is 17.0 Å². The number of benzene rings is 2. The quantitative estimate of drug-likeness (QED) is 0.572. The third kappa shape index (κ3) is 3.27. The lowest BCUT2D eigenvalue weighted by Gasteiger charge is -2.12. The minimum atomic E-state index is -0.977. The monoisotopic (exact) mass is 358 g/mol. The van der Waals surface area contributed by atoms with Gasteiger partial charge in [0.05, 0.1) is 12.7 Å². The van der Waals surface area contributed by atoms with Crippen molar-refractivity contribution in [2.75, 3.05) is 7.11 Å². The van der Waals surface area contributed by atoms with E-state index in [1.54, 1.807) is 19.4 Å². The van der Waals surface area contributed by atoms with Gasteiger partial charge in [-0.25, -0.2) is 4.79 Å². The summed E-state index contributed by atoms with van der Waals surface area (Å²) >= 11 is 0. The van der Waals surface area contributed by atoms with Crippen LogP contribution >= 0.6 is 0 Å². The molecule has 27 heavy (non-hydrogen) atoms. The average Bonchev–Trinajstić information content (AvgIpc) is 3.06. The molecule has 2 aromatic carbocycles. The van der Waals surface area contributed by atoms with Crippen LogP contribution in [0.2, 0.25) is 0 Å². The summed E-state index contributed by atoms with van der Waals surface area (Å²) in [5.74, 6) is -0.177. The van der Waals surface area contributed by atoms with Gasteiger partial charge in [0.2, 0.25) is 0 Å². The van der Waals surface area contributed by atoms with Crippen molar-refractivity contribution in [1.29, 1.82) is 0 Å². The summed E-state index contributed by atoms with van der Waals surface area (Å²) in [7, 11) is 1.65. The van der Waals surface area contributed by atoms with Crippen molar-refractivity contribution in [2.45, 2.75) is 6.54 Å². The van der Waals surface area contributed by atoms with Gasteiger partial charge in [-0.05, 0) is 41.5 Å². The maximum atomic E-state index is 11.3. The van der Waals surface area contributed by atoms with Gasteiger partial charge >= 0.3 is 5.97 Å². The largest absolute Gasteiger partial charge is 0.497 e. The molecule has 5 nitrogen and oxygen atoms in total. The Morgan fingerprint density at radius 3 is 2.63 bits per heavy atom. The number of aromatic carboxylic acids is 1. The molecule has 0 bridgehead atoms. The van der Waals surface area contributed by atoms with Crippen molar-refractivity contribution < 1.29 is 14.6 Å². The van der Waals surface area contributed by atoms with Crippen LogP contribution in [-0.4, -0.2) is 27.7 Å². The van der Waals surface area contributed by atoms with E-state index < -0.39 is 5.97 Å². The van der Waals surface area contributed by atoms with Gasteiger partial charge in [0.1, 0.15) is 5.75 Å². The van der Waals surface area contributed by atoms with Crippen LogP contribution in [0.15, 0.2) is 73.1 Å². The Kier molecular flexibility index (Phi) is 4.34. The first kappa shape index (κ1) is 16.8. The summed E-state index contributed by atoms with van der Waals surface area (Å²) < 4.78 is 7.53. The van der Waals surface area contributed by atoms with Crippen LogP contribution in [0, 0.1) is 0 Å². The molecule has 0 saturated carbocycles. The van der Waals surface area contributed by atoms with Crippen molar-refractivity contribution in [2.24, 2.45) is 0 Å². The van der Waals surface area contributed by atoms with Gasteiger partial charge < -0.3 is 14.4 Å². The van der Waals surface area contributed by atoms with E-state index in [1.807, 2.05) is 36.4 Å². The van der Waals surface area contributed by atoms with Crippen LogP contribution in [0.4, 0.5) is 0 Å². The number of carboxylic acid groups (broad SMARTS) is 1. The maximum absolute atomic E-state index is 11.3. The molecule has 2 aromatic heterocycles. The van der Waals surface area contributed by atoms with Gasteiger partial charge in [0.25, 0.3) is 0 Å². The molecule has 0 spiro atoms. The third-order valence-electron chi connectivity index (χ3n) is 4.56. The second-order valence-corrected chi connectivity index (χ2v) is 6.29. The lowest BCUT2D eigenvalue weighted by Crippen LogP contribution is -2.04. The maximum Gasteiger partial charge on any atom is 0.337 e. The van der Waals surface area contributed by atoms with Crippen LogP contribution in [0.1, 0.15) is 15.9 Å². The zero-order valence-corrected chi connectivity index (χ0v) is 14.8. The van der Waals surface area contributed by atoms with E-state index in [-0.39, 0.29) is 5.56 Å². The second-order valence-electron chi connectivity index (χ2n) is 6.29. The number of nitrogens with zero attached hydrogens (tertiary/aromatic N) is 2. The zero-order chi connectivity index (χ0) is 18.8. The smallest absolute Gasteiger partial charge is 0.337 e. The zero-order valence-electron chi connectivity index (χ0n) is 14.8. The number of ether oxygens (including phenoxy) is 1. The molecule has 0 aliphatic heterocycles. The minimum Gasteiger partial charge on any atom is -0.497 e. The van der Waals surface area contributed by atoms with E-state index in [0.29, 0.717) is 6.54 Å². The summed E-state index contributed by atoms with van der Waals surface area (Å²) in [5.41, 5.74) is 4.22. The highest BCUT2D eigenvalue weighted by Crippen LogP contribution is 2.31. The number of pyridine rings is 1. The van der Waals surface area contributed by atoms with Crippen LogP contribution in [0.3, 0.4) is 0 Å². The van der Waals surface area contributed by atoms with Crippen LogP contribution in [0.25, 0.3) is 22.2 Å². The number of rotatable bonds is 5. The van der Waals surface area contributed by atoms with Gasteiger partial charge in [0, 0.05) is 35.5 Å². The van der Waals surface area contributed by atoms with Gasteiger partial charge in [0.15, 0.2) is 0 Å². The molecule has 0 fully saturated rings. The average molecular weight is 358 g/mol. The summed E-state index contributed by atoms with van der Waals surface area (Å²) in [6, 6.07) is 19.9. The molecule has 0 aliphatic rings. The molecule has 0 saturated heterocycles. The number of carbonyl (C=O) groups is 1. The van der Waals surface area contributed by atoms with Gasteiger partial charge in [-0.15, -0.1) is 0 Å². The van der Waals surface area contributed by atoms with Crippen molar-refractivity contribution in [3.63, 3.8) is 0 Å². The Morgan fingerprint density at radius 2 is 1.89 bits per heavy atom. The fourth-order valence-electron chi connectivity index (χ4n) is 3.27. The Balaban J connectivity index is 1.87. The first-order valence-corrected chi connectivity index (χ1v) is 8.55. The van der Waals surface area contributed by atoms with Crippen molar-refractivity contribution in [1.82, 2.24) is 9.55 Å². The minimum absolute atomic E-state index is 0.187. The van der Waals surface area contributed by atoms with Crippen LogP contribution in [-0.2, 0) is 6.54 Å². The lowest BCUT2D eigenvalue weighted by atomic mass is 10.1. The molecule has 0 aliphatic carbocycles. The number of hydrogen-bond acceptors (Lipinski definition) is 3.